The second-order valence-corrected chi connectivity index (χ2v) is 4.25. The number of hydrogen-bond donors (Lipinski definition) is 2. The molecule has 0 spiro atoms. The third-order valence-corrected chi connectivity index (χ3v) is 2.98. The lowest BCUT2D eigenvalue weighted by Crippen LogP contribution is -2.51. The number of rotatable bonds is 1. The molecule has 0 saturated carbocycles. The summed E-state index contributed by atoms with van der Waals surface area (Å²) in [7, 11) is 0. The van der Waals surface area contributed by atoms with Gasteiger partial charge in [0.05, 0.1) is 12.5 Å². The standard InChI is InChI=1S/C14H13N3O3/c1-7-5-6-10(12(18)16-7)17-13(19)8-3-2-4-9(15)11(8)14(17)20/h2-4,10H,1,5-6,15H2,(H,16,18)/t10-/m1/s1/i5D2,6D2,10D. The fourth-order valence-corrected chi connectivity index (χ4v) is 2.09. The number of allylic oxidation sites excluding steroid dienone is 1. The molecule has 1 fully saturated rings. The first-order valence-electron chi connectivity index (χ1n) is 8.17. The summed E-state index contributed by atoms with van der Waals surface area (Å²) in [4.78, 5) is 37.8. The van der Waals surface area contributed by atoms with E-state index in [1.54, 1.807) is 0 Å². The predicted molar refractivity (Wildman–Crippen MR) is 71.7 cm³/mol. The smallest absolute Gasteiger partial charge is 0.264 e. The van der Waals surface area contributed by atoms with Crippen molar-refractivity contribution in [2.24, 2.45) is 0 Å². The van der Waals surface area contributed by atoms with Gasteiger partial charge in [-0.3, -0.25) is 19.3 Å². The highest BCUT2D eigenvalue weighted by Gasteiger charge is 2.44. The van der Waals surface area contributed by atoms with Gasteiger partial charge in [-0.1, -0.05) is 12.6 Å². The molecule has 0 unspecified atom stereocenters. The van der Waals surface area contributed by atoms with Crippen LogP contribution in [0.5, 0.6) is 0 Å². The average Bonchev–Trinajstić information content (AvgIpc) is 2.77. The van der Waals surface area contributed by atoms with Crippen LogP contribution >= 0.6 is 0 Å². The van der Waals surface area contributed by atoms with Gasteiger partial charge in [0, 0.05) is 16.9 Å². The zero-order valence-electron chi connectivity index (χ0n) is 15.2. The van der Waals surface area contributed by atoms with E-state index < -0.39 is 42.2 Å². The molecule has 3 amide bonds. The van der Waals surface area contributed by atoms with Gasteiger partial charge in [-0.2, -0.15) is 0 Å². The van der Waals surface area contributed by atoms with Crippen LogP contribution in [0.2, 0.25) is 0 Å². The molecule has 0 aromatic heterocycles. The molecular formula is C14H13N3O3. The van der Waals surface area contributed by atoms with E-state index in [-0.39, 0.29) is 21.7 Å². The number of imide groups is 1. The molecule has 2 aliphatic rings. The number of carbonyl (C=O) groups excluding carboxylic acids is 3. The van der Waals surface area contributed by atoms with Gasteiger partial charge in [0.15, 0.2) is 0 Å². The van der Waals surface area contributed by atoms with Crippen LogP contribution in [0.25, 0.3) is 0 Å². The van der Waals surface area contributed by atoms with Crippen LogP contribution in [-0.4, -0.2) is 28.6 Å². The largest absolute Gasteiger partial charge is 0.398 e. The van der Waals surface area contributed by atoms with Gasteiger partial charge in [0.2, 0.25) is 5.91 Å². The normalized spacial score (nSPS) is 34.4. The van der Waals surface area contributed by atoms with Gasteiger partial charge in [-0.25, -0.2) is 0 Å². The fourth-order valence-electron chi connectivity index (χ4n) is 2.09. The lowest BCUT2D eigenvalue weighted by Gasteiger charge is -2.29. The van der Waals surface area contributed by atoms with E-state index in [9.17, 15) is 14.4 Å². The molecule has 1 aromatic rings. The molecule has 1 aromatic carbocycles. The van der Waals surface area contributed by atoms with Crippen molar-refractivity contribution in [1.82, 2.24) is 10.2 Å². The number of anilines is 1. The van der Waals surface area contributed by atoms with Crippen LogP contribution in [-0.2, 0) is 4.79 Å². The minimum Gasteiger partial charge on any atom is -0.398 e. The molecule has 2 heterocycles. The molecule has 3 N–H and O–H groups in total. The average molecular weight is 276 g/mol. The zero-order chi connectivity index (χ0) is 18.9. The molecule has 20 heavy (non-hydrogen) atoms. The molecule has 6 nitrogen and oxygen atoms in total. The molecule has 0 bridgehead atoms. The number of amides is 3. The number of nitrogens with two attached hydrogens (primary N) is 1. The summed E-state index contributed by atoms with van der Waals surface area (Å²) in [6.45, 7) is 3.26. The van der Waals surface area contributed by atoms with Gasteiger partial charge in [0.25, 0.3) is 11.8 Å². The first-order chi connectivity index (χ1) is 11.4. The van der Waals surface area contributed by atoms with Crippen molar-refractivity contribution in [3.8, 4) is 0 Å². The minimum atomic E-state index is -3.26. The highest BCUT2D eigenvalue weighted by Crippen LogP contribution is 2.31. The van der Waals surface area contributed by atoms with E-state index in [2.05, 4.69) is 6.58 Å². The Morgan fingerprint density at radius 1 is 1.40 bits per heavy atom. The van der Waals surface area contributed by atoms with Gasteiger partial charge < -0.3 is 11.1 Å². The molecule has 2 aliphatic heterocycles. The number of piperidine rings is 1. The Morgan fingerprint density at radius 2 is 2.15 bits per heavy atom. The summed E-state index contributed by atoms with van der Waals surface area (Å²) < 4.78 is 40.2. The van der Waals surface area contributed by atoms with Crippen LogP contribution in [0, 0.1) is 0 Å². The van der Waals surface area contributed by atoms with Crippen molar-refractivity contribution < 1.29 is 21.2 Å². The third kappa shape index (κ3) is 1.61. The molecule has 1 atom stereocenters. The maximum absolute atomic E-state index is 12.7. The highest BCUT2D eigenvalue weighted by atomic mass is 16.2. The Hall–Kier alpha value is -2.63. The number of nitrogens with one attached hydrogen (secondary N) is 1. The van der Waals surface area contributed by atoms with Crippen molar-refractivity contribution in [3.63, 3.8) is 0 Å². The Balaban J connectivity index is 2.24. The number of carbonyl (C=O) groups is 3. The number of fused-ring (bicyclic) bond motifs is 1. The molecule has 1 saturated heterocycles. The van der Waals surface area contributed by atoms with Crippen LogP contribution in [0.3, 0.4) is 0 Å². The first kappa shape index (κ1) is 7.84. The van der Waals surface area contributed by atoms with Gasteiger partial charge in [-0.05, 0) is 24.9 Å². The topological polar surface area (TPSA) is 92.5 Å². The summed E-state index contributed by atoms with van der Waals surface area (Å²) in [5, 5.41) is 1.96. The van der Waals surface area contributed by atoms with Crippen molar-refractivity contribution in [2.45, 2.75) is 18.8 Å². The van der Waals surface area contributed by atoms with Crippen molar-refractivity contribution in [3.05, 3.63) is 41.6 Å². The second-order valence-electron chi connectivity index (χ2n) is 4.25. The van der Waals surface area contributed by atoms with Gasteiger partial charge in [-0.15, -0.1) is 0 Å². The number of hydrogen-bond acceptors (Lipinski definition) is 4. The summed E-state index contributed by atoms with van der Waals surface area (Å²) in [5.74, 6) is -3.59. The predicted octanol–water partition coefficient (Wildman–Crippen LogP) is 0.657. The van der Waals surface area contributed by atoms with Crippen molar-refractivity contribution >= 4 is 23.4 Å². The van der Waals surface area contributed by atoms with E-state index in [0.29, 0.717) is 0 Å². The summed E-state index contributed by atoms with van der Waals surface area (Å²) in [6.07, 6.45) is -6.16. The minimum absolute atomic E-state index is 0.0638. The first-order valence-corrected chi connectivity index (χ1v) is 5.67. The Bertz CT molecular complexity index is 869. The van der Waals surface area contributed by atoms with Crippen LogP contribution in [0.4, 0.5) is 5.69 Å². The highest BCUT2D eigenvalue weighted by molar-refractivity contribution is 6.25. The Kier molecular flexibility index (Phi) is 1.64. The van der Waals surface area contributed by atoms with E-state index in [0.717, 1.165) is 0 Å². The van der Waals surface area contributed by atoms with Crippen LogP contribution in [0.1, 0.15) is 40.3 Å². The van der Waals surface area contributed by atoms with Gasteiger partial charge in [0.1, 0.15) is 6.02 Å². The molecule has 0 radical (unpaired) electrons. The summed E-state index contributed by atoms with van der Waals surface area (Å²) >= 11 is 0. The van der Waals surface area contributed by atoms with E-state index in [1.165, 1.54) is 18.2 Å². The lowest BCUT2D eigenvalue weighted by atomic mass is 10.0. The number of nitrogens with zero attached hydrogens (tertiary/aromatic N) is 1. The maximum Gasteiger partial charge on any atom is 0.264 e. The Labute approximate surface area is 122 Å². The van der Waals surface area contributed by atoms with Crippen LogP contribution < -0.4 is 11.1 Å². The molecular weight excluding hydrogens is 258 g/mol. The van der Waals surface area contributed by atoms with Crippen molar-refractivity contribution in [2.75, 3.05) is 5.73 Å². The third-order valence-electron chi connectivity index (χ3n) is 2.98. The van der Waals surface area contributed by atoms with E-state index >= 15 is 0 Å². The monoisotopic (exact) mass is 276 g/mol. The second kappa shape index (κ2) is 4.19. The maximum atomic E-state index is 12.7. The molecule has 3 rings (SSSR count). The fraction of sp³-hybridized carbons (Fsp3) is 0.214. The van der Waals surface area contributed by atoms with E-state index in [1.807, 2.05) is 5.32 Å². The molecule has 102 valence electrons. The quantitative estimate of drug-likeness (QED) is 0.582. The van der Waals surface area contributed by atoms with Crippen LogP contribution in [0.15, 0.2) is 30.5 Å². The molecule has 0 aliphatic carbocycles. The lowest BCUT2D eigenvalue weighted by molar-refractivity contribution is -0.125. The Morgan fingerprint density at radius 3 is 2.85 bits per heavy atom. The molecule has 6 heteroatoms. The SMILES string of the molecule is [2H]C1([2H])C(=C)NC(=O)[C@]([2H])(N2C(=O)c3cccc(N)c3C2=O)C1([2H])[2H]. The zero-order valence-corrected chi connectivity index (χ0v) is 10.2. The van der Waals surface area contributed by atoms with Gasteiger partial charge >= 0.3 is 0 Å². The summed E-state index contributed by atoms with van der Waals surface area (Å²) in [6, 6.07) is 0.827. The van der Waals surface area contributed by atoms with Crippen molar-refractivity contribution in [1.29, 1.82) is 0 Å². The summed E-state index contributed by atoms with van der Waals surface area (Å²) in [5.41, 5.74) is 4.62. The number of nitrogen functional groups attached to an aromatic ring is 1. The van der Waals surface area contributed by atoms with E-state index in [4.69, 9.17) is 12.6 Å². The number of benzene rings is 1.